The van der Waals surface area contributed by atoms with Crippen LogP contribution in [0, 0.1) is 0 Å². The minimum Gasteiger partial charge on any atom is -0.480 e. The fourth-order valence-corrected chi connectivity index (χ4v) is 2.07. The van der Waals surface area contributed by atoms with Gasteiger partial charge in [-0.3, -0.25) is 9.59 Å². The molecule has 1 aliphatic rings. The van der Waals surface area contributed by atoms with Crippen LogP contribution in [0.3, 0.4) is 0 Å². The van der Waals surface area contributed by atoms with E-state index < -0.39 is 12.0 Å². The van der Waals surface area contributed by atoms with Crippen molar-refractivity contribution in [1.82, 2.24) is 9.80 Å². The number of carbonyl (C=O) groups excluding carboxylic acids is 2. The summed E-state index contributed by atoms with van der Waals surface area (Å²) >= 11 is 0. The number of carboxylic acids is 1. The topological polar surface area (TPSA) is 77.9 Å². The first kappa shape index (κ1) is 14.5. The lowest BCUT2D eigenvalue weighted by molar-refractivity contribution is -0.151. The minimum absolute atomic E-state index is 0.0564. The van der Waals surface area contributed by atoms with Crippen molar-refractivity contribution in [1.29, 1.82) is 0 Å². The average molecular weight is 256 g/mol. The van der Waals surface area contributed by atoms with E-state index in [2.05, 4.69) is 0 Å². The normalized spacial score (nSPS) is 20.1. The molecule has 1 unspecified atom stereocenters. The molecule has 1 aliphatic heterocycles. The van der Waals surface area contributed by atoms with Crippen molar-refractivity contribution in [2.45, 2.75) is 38.6 Å². The highest BCUT2D eigenvalue weighted by atomic mass is 16.4. The summed E-state index contributed by atoms with van der Waals surface area (Å²) in [6.45, 7) is 1.78. The van der Waals surface area contributed by atoms with Crippen molar-refractivity contribution in [3.05, 3.63) is 0 Å². The summed E-state index contributed by atoms with van der Waals surface area (Å²) in [5, 5.41) is 9.15. The van der Waals surface area contributed by atoms with Crippen LogP contribution in [0.5, 0.6) is 0 Å². The third-order valence-electron chi connectivity index (χ3n) is 3.27. The number of amides is 2. The van der Waals surface area contributed by atoms with Crippen molar-refractivity contribution in [2.24, 2.45) is 0 Å². The van der Waals surface area contributed by atoms with Crippen LogP contribution in [0.15, 0.2) is 0 Å². The van der Waals surface area contributed by atoms with E-state index in [4.69, 9.17) is 5.11 Å². The summed E-state index contributed by atoms with van der Waals surface area (Å²) in [6, 6.07) is -0.750. The summed E-state index contributed by atoms with van der Waals surface area (Å²) in [5.74, 6) is -1.46. The number of hydrogen-bond donors (Lipinski definition) is 1. The Morgan fingerprint density at radius 3 is 2.50 bits per heavy atom. The Morgan fingerprint density at radius 1 is 1.28 bits per heavy atom. The third-order valence-corrected chi connectivity index (χ3v) is 3.27. The van der Waals surface area contributed by atoms with Crippen LogP contribution < -0.4 is 0 Å². The van der Waals surface area contributed by atoms with Crippen LogP contribution in [-0.2, 0) is 14.4 Å². The molecule has 6 heteroatoms. The number of hydrogen-bond acceptors (Lipinski definition) is 3. The molecular formula is C12H20N2O4. The van der Waals surface area contributed by atoms with Gasteiger partial charge < -0.3 is 14.9 Å². The molecule has 0 radical (unpaired) electrons. The molecule has 0 aliphatic carbocycles. The molecule has 1 saturated heterocycles. The first-order valence-electron chi connectivity index (χ1n) is 6.17. The highest BCUT2D eigenvalue weighted by Crippen LogP contribution is 2.17. The van der Waals surface area contributed by atoms with E-state index in [0.29, 0.717) is 13.0 Å². The number of carbonyl (C=O) groups is 3. The van der Waals surface area contributed by atoms with Gasteiger partial charge in [0.1, 0.15) is 6.04 Å². The third kappa shape index (κ3) is 3.72. The van der Waals surface area contributed by atoms with Gasteiger partial charge in [-0.2, -0.15) is 0 Å². The van der Waals surface area contributed by atoms with Crippen LogP contribution in [-0.4, -0.2) is 58.9 Å². The van der Waals surface area contributed by atoms with Crippen molar-refractivity contribution in [3.8, 4) is 0 Å². The Kier molecular flexibility index (Phi) is 5.12. The van der Waals surface area contributed by atoms with Gasteiger partial charge in [0.25, 0.3) is 0 Å². The predicted octanol–water partition coefficient (Wildman–Crippen LogP) is 0.320. The van der Waals surface area contributed by atoms with Gasteiger partial charge in [0, 0.05) is 20.5 Å². The average Bonchev–Trinajstić information content (AvgIpc) is 2.53. The molecule has 102 valence electrons. The molecule has 0 aromatic rings. The molecule has 0 aromatic heterocycles. The molecule has 0 spiro atoms. The van der Waals surface area contributed by atoms with Gasteiger partial charge in [-0.1, -0.05) is 12.8 Å². The van der Waals surface area contributed by atoms with Gasteiger partial charge >= 0.3 is 5.97 Å². The predicted molar refractivity (Wildman–Crippen MR) is 64.9 cm³/mol. The monoisotopic (exact) mass is 256 g/mol. The second-order valence-corrected chi connectivity index (χ2v) is 4.67. The van der Waals surface area contributed by atoms with E-state index in [0.717, 1.165) is 19.3 Å². The number of rotatable bonds is 3. The van der Waals surface area contributed by atoms with Crippen LogP contribution >= 0.6 is 0 Å². The van der Waals surface area contributed by atoms with Crippen molar-refractivity contribution in [2.75, 3.05) is 20.1 Å². The number of carboxylic acid groups (broad SMARTS) is 1. The maximum atomic E-state index is 12.0. The molecule has 1 atom stereocenters. The second-order valence-electron chi connectivity index (χ2n) is 4.67. The lowest BCUT2D eigenvalue weighted by atomic mass is 10.1. The quantitative estimate of drug-likeness (QED) is 0.789. The van der Waals surface area contributed by atoms with Gasteiger partial charge in [-0.05, 0) is 12.8 Å². The maximum absolute atomic E-state index is 12.0. The molecular weight excluding hydrogens is 236 g/mol. The van der Waals surface area contributed by atoms with Gasteiger partial charge in [0.2, 0.25) is 11.8 Å². The van der Waals surface area contributed by atoms with E-state index in [1.54, 1.807) is 0 Å². The van der Waals surface area contributed by atoms with E-state index in [1.807, 2.05) is 0 Å². The molecule has 1 heterocycles. The zero-order valence-corrected chi connectivity index (χ0v) is 10.9. The minimum atomic E-state index is -0.962. The summed E-state index contributed by atoms with van der Waals surface area (Å²) in [7, 11) is 1.54. The molecule has 1 fully saturated rings. The Morgan fingerprint density at radius 2 is 1.94 bits per heavy atom. The SMILES string of the molecule is CC(=O)N(C)CC(=O)N1CCCCCC1C(=O)O. The van der Waals surface area contributed by atoms with Gasteiger partial charge in [0.05, 0.1) is 6.54 Å². The maximum Gasteiger partial charge on any atom is 0.326 e. The van der Waals surface area contributed by atoms with Crippen LogP contribution in [0.1, 0.15) is 32.6 Å². The van der Waals surface area contributed by atoms with E-state index in [-0.39, 0.29) is 18.4 Å². The van der Waals surface area contributed by atoms with Crippen molar-refractivity contribution < 1.29 is 19.5 Å². The summed E-state index contributed by atoms with van der Waals surface area (Å²) in [4.78, 5) is 37.0. The number of likely N-dealkylation sites (tertiary alicyclic amines) is 1. The first-order chi connectivity index (χ1) is 8.43. The zero-order valence-electron chi connectivity index (χ0n) is 10.9. The standard InChI is InChI=1S/C12H20N2O4/c1-9(15)13(2)8-11(16)14-7-5-3-4-6-10(14)12(17)18/h10H,3-8H2,1-2H3,(H,17,18). The van der Waals surface area contributed by atoms with E-state index in [1.165, 1.54) is 23.8 Å². The van der Waals surface area contributed by atoms with E-state index >= 15 is 0 Å². The second kappa shape index (κ2) is 6.37. The molecule has 0 aromatic carbocycles. The van der Waals surface area contributed by atoms with Crippen LogP contribution in [0.25, 0.3) is 0 Å². The zero-order chi connectivity index (χ0) is 13.7. The summed E-state index contributed by atoms with van der Waals surface area (Å²) in [6.07, 6.45) is 3.07. The lowest BCUT2D eigenvalue weighted by Gasteiger charge is -2.28. The Bertz CT molecular complexity index is 343. The molecule has 1 rings (SSSR count). The van der Waals surface area contributed by atoms with Gasteiger partial charge in [-0.15, -0.1) is 0 Å². The van der Waals surface area contributed by atoms with Crippen LogP contribution in [0.2, 0.25) is 0 Å². The summed E-state index contributed by atoms with van der Waals surface area (Å²) < 4.78 is 0. The Labute approximate surface area is 107 Å². The lowest BCUT2D eigenvalue weighted by Crippen LogP contribution is -2.48. The number of nitrogens with zero attached hydrogens (tertiary/aromatic N) is 2. The largest absolute Gasteiger partial charge is 0.480 e. The van der Waals surface area contributed by atoms with Crippen LogP contribution in [0.4, 0.5) is 0 Å². The highest BCUT2D eigenvalue weighted by molar-refractivity contribution is 5.87. The Hall–Kier alpha value is -1.59. The van der Waals surface area contributed by atoms with Crippen molar-refractivity contribution in [3.63, 3.8) is 0 Å². The highest BCUT2D eigenvalue weighted by Gasteiger charge is 2.31. The first-order valence-corrected chi connectivity index (χ1v) is 6.17. The molecule has 18 heavy (non-hydrogen) atoms. The molecule has 0 saturated carbocycles. The number of likely N-dealkylation sites (N-methyl/N-ethyl adjacent to an activating group) is 1. The smallest absolute Gasteiger partial charge is 0.326 e. The van der Waals surface area contributed by atoms with Gasteiger partial charge in [0.15, 0.2) is 0 Å². The van der Waals surface area contributed by atoms with Gasteiger partial charge in [-0.25, -0.2) is 4.79 Å². The molecule has 6 nitrogen and oxygen atoms in total. The summed E-state index contributed by atoms with van der Waals surface area (Å²) in [5.41, 5.74) is 0. The molecule has 0 bridgehead atoms. The molecule has 1 N–H and O–H groups in total. The fraction of sp³-hybridized carbons (Fsp3) is 0.750. The number of aliphatic carboxylic acids is 1. The fourth-order valence-electron chi connectivity index (χ4n) is 2.07. The Balaban J connectivity index is 2.72. The van der Waals surface area contributed by atoms with Crippen molar-refractivity contribution >= 4 is 17.8 Å². The molecule has 2 amide bonds. The van der Waals surface area contributed by atoms with E-state index in [9.17, 15) is 14.4 Å².